The molecule has 1 unspecified atom stereocenters. The van der Waals surface area contributed by atoms with E-state index in [4.69, 9.17) is 19.9 Å². The van der Waals surface area contributed by atoms with E-state index in [1.807, 2.05) is 13.0 Å². The molecule has 17 heavy (non-hydrogen) atoms. The summed E-state index contributed by atoms with van der Waals surface area (Å²) in [4.78, 5) is 0. The van der Waals surface area contributed by atoms with Crippen molar-refractivity contribution in [1.29, 1.82) is 0 Å². The summed E-state index contributed by atoms with van der Waals surface area (Å²) in [5, 5.41) is 0. The normalized spacial score (nSPS) is 15.5. The lowest BCUT2D eigenvalue weighted by atomic mass is 10.0. The fourth-order valence-electron chi connectivity index (χ4n) is 1.93. The quantitative estimate of drug-likeness (QED) is 0.929. The van der Waals surface area contributed by atoms with E-state index in [0.29, 0.717) is 19.6 Å². The molecule has 1 aliphatic rings. The van der Waals surface area contributed by atoms with Gasteiger partial charge in [-0.05, 0) is 29.3 Å². The molecular weight excluding hydrogens is 286 g/mol. The molecule has 1 aromatic rings. The first-order valence-electron chi connectivity index (χ1n) is 5.54. The Hall–Kier alpha value is -0.940. The molecule has 0 saturated carbocycles. The standard InChI is InChI=1S/C12H16BrNO3/c1-7(14)5-8-11(15-2)9(13)6-10-12(8)17-4-3-16-10/h6-7H,3-5,14H2,1-2H3. The van der Waals surface area contributed by atoms with Gasteiger partial charge in [0.15, 0.2) is 11.5 Å². The number of benzene rings is 1. The Morgan fingerprint density at radius 3 is 2.82 bits per heavy atom. The molecule has 0 aromatic heterocycles. The molecule has 0 aliphatic carbocycles. The first kappa shape index (κ1) is 12.5. The van der Waals surface area contributed by atoms with Gasteiger partial charge in [0.05, 0.1) is 11.6 Å². The Kier molecular flexibility index (Phi) is 3.79. The Morgan fingerprint density at radius 2 is 2.18 bits per heavy atom. The summed E-state index contributed by atoms with van der Waals surface area (Å²) < 4.78 is 17.5. The molecule has 0 saturated heterocycles. The predicted octanol–water partition coefficient (Wildman–Crippen LogP) is 2.12. The van der Waals surface area contributed by atoms with Crippen LogP contribution < -0.4 is 19.9 Å². The van der Waals surface area contributed by atoms with Gasteiger partial charge in [-0.15, -0.1) is 0 Å². The molecule has 1 aliphatic heterocycles. The van der Waals surface area contributed by atoms with Crippen molar-refractivity contribution in [2.75, 3.05) is 20.3 Å². The minimum atomic E-state index is 0.0350. The van der Waals surface area contributed by atoms with Gasteiger partial charge in [0.2, 0.25) is 0 Å². The lowest BCUT2D eigenvalue weighted by molar-refractivity contribution is 0.168. The van der Waals surface area contributed by atoms with E-state index >= 15 is 0 Å². The van der Waals surface area contributed by atoms with E-state index in [-0.39, 0.29) is 6.04 Å². The van der Waals surface area contributed by atoms with Crippen LogP contribution in [0.15, 0.2) is 10.5 Å². The van der Waals surface area contributed by atoms with Gasteiger partial charge in [-0.3, -0.25) is 0 Å². The van der Waals surface area contributed by atoms with Crippen LogP contribution in [0.4, 0.5) is 0 Å². The van der Waals surface area contributed by atoms with E-state index in [9.17, 15) is 0 Å². The molecule has 2 rings (SSSR count). The smallest absolute Gasteiger partial charge is 0.168 e. The molecule has 94 valence electrons. The molecule has 4 nitrogen and oxygen atoms in total. The maximum absolute atomic E-state index is 5.86. The molecule has 2 N–H and O–H groups in total. The summed E-state index contributed by atoms with van der Waals surface area (Å²) >= 11 is 3.47. The van der Waals surface area contributed by atoms with Gasteiger partial charge < -0.3 is 19.9 Å². The summed E-state index contributed by atoms with van der Waals surface area (Å²) in [7, 11) is 1.64. The average molecular weight is 302 g/mol. The number of methoxy groups -OCH3 is 1. The highest BCUT2D eigenvalue weighted by Gasteiger charge is 2.23. The highest BCUT2D eigenvalue weighted by atomic mass is 79.9. The second-order valence-corrected chi connectivity index (χ2v) is 4.93. The van der Waals surface area contributed by atoms with E-state index in [0.717, 1.165) is 27.3 Å². The molecule has 0 fully saturated rings. The highest BCUT2D eigenvalue weighted by molar-refractivity contribution is 9.10. The van der Waals surface area contributed by atoms with Gasteiger partial charge >= 0.3 is 0 Å². The minimum absolute atomic E-state index is 0.0350. The lowest BCUT2D eigenvalue weighted by Gasteiger charge is -2.24. The summed E-state index contributed by atoms with van der Waals surface area (Å²) in [5.41, 5.74) is 6.83. The zero-order valence-electron chi connectivity index (χ0n) is 9.96. The van der Waals surface area contributed by atoms with Crippen LogP contribution in [0.25, 0.3) is 0 Å². The van der Waals surface area contributed by atoms with Gasteiger partial charge in [0, 0.05) is 17.7 Å². The number of hydrogen-bond acceptors (Lipinski definition) is 4. The molecule has 1 aromatic carbocycles. The third-order valence-corrected chi connectivity index (χ3v) is 3.15. The maximum Gasteiger partial charge on any atom is 0.168 e. The van der Waals surface area contributed by atoms with Crippen molar-refractivity contribution in [3.05, 3.63) is 16.1 Å². The maximum atomic E-state index is 5.86. The summed E-state index contributed by atoms with van der Waals surface area (Å²) in [5.74, 6) is 2.28. The van der Waals surface area contributed by atoms with Gasteiger partial charge in [-0.25, -0.2) is 0 Å². The third kappa shape index (κ3) is 2.50. The molecule has 0 amide bonds. The van der Waals surface area contributed by atoms with Crippen molar-refractivity contribution in [3.63, 3.8) is 0 Å². The molecule has 0 bridgehead atoms. The molecule has 0 spiro atoms. The van der Waals surface area contributed by atoms with Crippen molar-refractivity contribution in [3.8, 4) is 17.2 Å². The largest absolute Gasteiger partial charge is 0.495 e. The fraction of sp³-hybridized carbons (Fsp3) is 0.500. The van der Waals surface area contributed by atoms with Crippen LogP contribution in [0.2, 0.25) is 0 Å². The van der Waals surface area contributed by atoms with Gasteiger partial charge in [0.25, 0.3) is 0 Å². The topological polar surface area (TPSA) is 53.7 Å². The first-order valence-corrected chi connectivity index (χ1v) is 6.33. The monoisotopic (exact) mass is 301 g/mol. The number of rotatable bonds is 3. The zero-order valence-corrected chi connectivity index (χ0v) is 11.5. The Balaban J connectivity index is 2.53. The van der Waals surface area contributed by atoms with Crippen molar-refractivity contribution >= 4 is 15.9 Å². The average Bonchev–Trinajstić information content (AvgIpc) is 2.28. The van der Waals surface area contributed by atoms with Crippen LogP contribution in [0, 0.1) is 0 Å². The van der Waals surface area contributed by atoms with E-state index in [1.165, 1.54) is 0 Å². The van der Waals surface area contributed by atoms with Crippen molar-refractivity contribution in [2.45, 2.75) is 19.4 Å². The van der Waals surface area contributed by atoms with E-state index < -0.39 is 0 Å². The van der Waals surface area contributed by atoms with E-state index in [2.05, 4.69) is 15.9 Å². The van der Waals surface area contributed by atoms with Crippen molar-refractivity contribution < 1.29 is 14.2 Å². The zero-order chi connectivity index (χ0) is 12.4. The SMILES string of the molecule is COc1c(Br)cc2c(c1CC(C)N)OCCO2. The Bertz CT molecular complexity index is 421. The van der Waals surface area contributed by atoms with Crippen LogP contribution in [0.1, 0.15) is 12.5 Å². The highest BCUT2D eigenvalue weighted by Crippen LogP contribution is 2.44. The van der Waals surface area contributed by atoms with Crippen LogP contribution in [-0.4, -0.2) is 26.4 Å². The number of ether oxygens (including phenoxy) is 3. The van der Waals surface area contributed by atoms with Crippen LogP contribution >= 0.6 is 15.9 Å². The van der Waals surface area contributed by atoms with Gasteiger partial charge in [0.1, 0.15) is 19.0 Å². The third-order valence-electron chi connectivity index (χ3n) is 2.56. The summed E-state index contributed by atoms with van der Waals surface area (Å²) in [6.07, 6.45) is 0.689. The molecule has 0 radical (unpaired) electrons. The minimum Gasteiger partial charge on any atom is -0.495 e. The second-order valence-electron chi connectivity index (χ2n) is 4.08. The summed E-state index contributed by atoms with van der Waals surface area (Å²) in [6, 6.07) is 1.91. The molecular formula is C12H16BrNO3. The summed E-state index contributed by atoms with van der Waals surface area (Å²) in [6.45, 7) is 3.09. The Morgan fingerprint density at radius 1 is 1.47 bits per heavy atom. The van der Waals surface area contributed by atoms with Crippen LogP contribution in [0.5, 0.6) is 17.2 Å². The predicted molar refractivity (Wildman–Crippen MR) is 69.0 cm³/mol. The second kappa shape index (κ2) is 5.14. The number of halogens is 1. The lowest BCUT2D eigenvalue weighted by Crippen LogP contribution is -2.22. The molecule has 1 heterocycles. The van der Waals surface area contributed by atoms with E-state index in [1.54, 1.807) is 7.11 Å². The van der Waals surface area contributed by atoms with Gasteiger partial charge in [-0.2, -0.15) is 0 Å². The molecule has 1 atom stereocenters. The van der Waals surface area contributed by atoms with Crippen molar-refractivity contribution in [1.82, 2.24) is 0 Å². The fourth-order valence-corrected chi connectivity index (χ4v) is 2.54. The first-order chi connectivity index (χ1) is 8.13. The van der Waals surface area contributed by atoms with Gasteiger partial charge in [-0.1, -0.05) is 0 Å². The molecule has 5 heteroatoms. The van der Waals surface area contributed by atoms with Crippen LogP contribution in [-0.2, 0) is 6.42 Å². The van der Waals surface area contributed by atoms with Crippen LogP contribution in [0.3, 0.4) is 0 Å². The number of hydrogen-bond donors (Lipinski definition) is 1. The number of fused-ring (bicyclic) bond motifs is 1. The van der Waals surface area contributed by atoms with Crippen molar-refractivity contribution in [2.24, 2.45) is 5.73 Å². The Labute approximate surface area is 109 Å². The number of nitrogens with two attached hydrogens (primary N) is 1.